The van der Waals surface area contributed by atoms with Gasteiger partial charge in [0.15, 0.2) is 0 Å². The minimum Gasteiger partial charge on any atom is -0.497 e. The van der Waals surface area contributed by atoms with Crippen molar-refractivity contribution in [1.29, 1.82) is 0 Å². The molecule has 1 N–H and O–H groups in total. The largest absolute Gasteiger partial charge is 0.497 e. The van der Waals surface area contributed by atoms with E-state index in [1.165, 1.54) is 4.90 Å². The zero-order valence-electron chi connectivity index (χ0n) is 24.6. The number of anilines is 1. The van der Waals surface area contributed by atoms with Gasteiger partial charge in [0.1, 0.15) is 18.3 Å². The second-order valence-electron chi connectivity index (χ2n) is 10.3. The molecule has 0 saturated heterocycles. The van der Waals surface area contributed by atoms with Crippen molar-refractivity contribution in [3.05, 3.63) is 95.1 Å². The van der Waals surface area contributed by atoms with Crippen LogP contribution in [0.5, 0.6) is 5.75 Å². The molecule has 0 fully saturated rings. The Balaban J connectivity index is 2.07. The lowest BCUT2D eigenvalue weighted by molar-refractivity contribution is -0.140. The molecule has 0 bridgehead atoms. The Morgan fingerprint density at radius 2 is 1.66 bits per heavy atom. The van der Waals surface area contributed by atoms with Gasteiger partial charge in [-0.25, -0.2) is 8.42 Å². The first-order chi connectivity index (χ1) is 19.5. The molecule has 0 saturated carbocycles. The number of carbonyl (C=O) groups excluding carboxylic acids is 2. The standard InChI is InChI=1S/C32H41N3O5S/c1-6-7-18-33-32(37)30(21-26-12-9-8-10-13-26)34(22-27-14-11-15-28(20-27)40-4)31(36)23-35(41(5,38)39)29-19-24(2)16-17-25(29)3/h8-17,19-20,30H,6-7,18,21-23H2,1-5H3,(H,33,37)/t30-/m0/s1. The SMILES string of the molecule is CCCCNC(=O)[C@H](Cc1ccccc1)N(Cc1cccc(OC)c1)C(=O)CN(c1cc(C)ccc1C)S(C)(=O)=O. The predicted octanol–water partition coefficient (Wildman–Crippen LogP) is 4.63. The molecule has 0 radical (unpaired) electrons. The quantitative estimate of drug-likeness (QED) is 0.281. The minimum absolute atomic E-state index is 0.0964. The molecule has 0 aliphatic heterocycles. The Morgan fingerprint density at radius 1 is 0.951 bits per heavy atom. The average Bonchev–Trinajstić information content (AvgIpc) is 2.95. The zero-order valence-corrected chi connectivity index (χ0v) is 25.4. The third-order valence-corrected chi connectivity index (χ3v) is 8.03. The molecule has 3 aromatic rings. The van der Waals surface area contributed by atoms with Gasteiger partial charge in [0.2, 0.25) is 21.8 Å². The van der Waals surface area contributed by atoms with E-state index in [2.05, 4.69) is 5.32 Å². The summed E-state index contributed by atoms with van der Waals surface area (Å²) >= 11 is 0. The van der Waals surface area contributed by atoms with Crippen LogP contribution >= 0.6 is 0 Å². The lowest BCUT2D eigenvalue weighted by atomic mass is 10.0. The van der Waals surface area contributed by atoms with Gasteiger partial charge in [-0.15, -0.1) is 0 Å². The molecule has 3 aromatic carbocycles. The van der Waals surface area contributed by atoms with Crippen molar-refractivity contribution in [2.75, 3.05) is 30.8 Å². The van der Waals surface area contributed by atoms with Crippen LogP contribution in [0.3, 0.4) is 0 Å². The summed E-state index contributed by atoms with van der Waals surface area (Å²) < 4.78 is 32.6. The number of sulfonamides is 1. The maximum absolute atomic E-state index is 14.2. The number of carbonyl (C=O) groups is 2. The summed E-state index contributed by atoms with van der Waals surface area (Å²) in [6, 6.07) is 21.4. The van der Waals surface area contributed by atoms with Crippen LogP contribution in [-0.2, 0) is 32.6 Å². The van der Waals surface area contributed by atoms with E-state index in [4.69, 9.17) is 4.74 Å². The van der Waals surface area contributed by atoms with Crippen molar-refractivity contribution in [3.63, 3.8) is 0 Å². The molecule has 0 unspecified atom stereocenters. The minimum atomic E-state index is -3.83. The molecule has 1 atom stereocenters. The van der Waals surface area contributed by atoms with Crippen molar-refractivity contribution in [1.82, 2.24) is 10.2 Å². The van der Waals surface area contributed by atoms with E-state index in [1.807, 2.05) is 81.4 Å². The number of rotatable bonds is 14. The second kappa shape index (κ2) is 14.7. The van der Waals surface area contributed by atoms with Gasteiger partial charge >= 0.3 is 0 Å². The maximum Gasteiger partial charge on any atom is 0.244 e. The number of hydrogen-bond donors (Lipinski definition) is 1. The maximum atomic E-state index is 14.2. The fraction of sp³-hybridized carbons (Fsp3) is 0.375. The fourth-order valence-electron chi connectivity index (χ4n) is 4.61. The first kappa shape index (κ1) is 31.7. The number of aryl methyl sites for hydroxylation is 2. The van der Waals surface area contributed by atoms with Gasteiger partial charge in [-0.3, -0.25) is 13.9 Å². The van der Waals surface area contributed by atoms with E-state index in [1.54, 1.807) is 19.2 Å². The zero-order chi connectivity index (χ0) is 30.0. The molecular formula is C32H41N3O5S. The Kier molecular flexibility index (Phi) is 11.3. The summed E-state index contributed by atoms with van der Waals surface area (Å²) in [6.07, 6.45) is 3.08. The Morgan fingerprint density at radius 3 is 2.32 bits per heavy atom. The Labute approximate surface area is 244 Å². The fourth-order valence-corrected chi connectivity index (χ4v) is 5.51. The highest BCUT2D eigenvalue weighted by Gasteiger charge is 2.33. The van der Waals surface area contributed by atoms with Crippen molar-refractivity contribution in [2.24, 2.45) is 0 Å². The first-order valence-corrected chi connectivity index (χ1v) is 15.7. The molecule has 220 valence electrons. The lowest BCUT2D eigenvalue weighted by Crippen LogP contribution is -2.53. The van der Waals surface area contributed by atoms with Crippen LogP contribution in [0.2, 0.25) is 0 Å². The number of benzene rings is 3. The summed E-state index contributed by atoms with van der Waals surface area (Å²) in [5.74, 6) is -0.142. The van der Waals surface area contributed by atoms with E-state index >= 15 is 0 Å². The van der Waals surface area contributed by atoms with Gasteiger partial charge in [0.05, 0.1) is 19.1 Å². The van der Waals surface area contributed by atoms with Crippen LogP contribution in [0.4, 0.5) is 5.69 Å². The van der Waals surface area contributed by atoms with E-state index in [0.717, 1.165) is 45.7 Å². The second-order valence-corrected chi connectivity index (χ2v) is 12.2. The molecule has 8 nitrogen and oxygen atoms in total. The molecule has 2 amide bonds. The molecule has 0 aliphatic carbocycles. The van der Waals surface area contributed by atoms with E-state index in [-0.39, 0.29) is 18.9 Å². The van der Waals surface area contributed by atoms with Gasteiger partial charge in [0.25, 0.3) is 0 Å². The highest BCUT2D eigenvalue weighted by atomic mass is 32.2. The van der Waals surface area contributed by atoms with Crippen LogP contribution in [0.25, 0.3) is 0 Å². The summed E-state index contributed by atoms with van der Waals surface area (Å²) in [6.45, 7) is 5.86. The number of unbranched alkanes of at least 4 members (excludes halogenated alkanes) is 1. The molecule has 0 heterocycles. The summed E-state index contributed by atoms with van der Waals surface area (Å²) in [7, 11) is -2.26. The summed E-state index contributed by atoms with van der Waals surface area (Å²) in [5.41, 5.74) is 3.69. The van der Waals surface area contributed by atoms with Crippen molar-refractivity contribution in [2.45, 2.75) is 52.6 Å². The molecule has 9 heteroatoms. The number of ether oxygens (including phenoxy) is 1. The number of amides is 2. The van der Waals surface area contributed by atoms with Gasteiger partial charge in [-0.05, 0) is 60.7 Å². The molecule has 3 rings (SSSR count). The highest BCUT2D eigenvalue weighted by Crippen LogP contribution is 2.25. The Bertz CT molecular complexity index is 1430. The monoisotopic (exact) mass is 579 g/mol. The van der Waals surface area contributed by atoms with Gasteiger partial charge in [0, 0.05) is 19.5 Å². The number of nitrogens with zero attached hydrogens (tertiary/aromatic N) is 2. The normalized spacial score (nSPS) is 11.9. The van der Waals surface area contributed by atoms with E-state index in [9.17, 15) is 18.0 Å². The van der Waals surface area contributed by atoms with Crippen LogP contribution in [0.1, 0.15) is 42.0 Å². The van der Waals surface area contributed by atoms with E-state index in [0.29, 0.717) is 18.0 Å². The predicted molar refractivity (Wildman–Crippen MR) is 164 cm³/mol. The molecular weight excluding hydrogens is 538 g/mol. The average molecular weight is 580 g/mol. The van der Waals surface area contributed by atoms with E-state index < -0.39 is 28.5 Å². The lowest BCUT2D eigenvalue weighted by Gasteiger charge is -2.34. The summed E-state index contributed by atoms with van der Waals surface area (Å²) in [4.78, 5) is 29.4. The van der Waals surface area contributed by atoms with Gasteiger partial charge in [-0.2, -0.15) is 0 Å². The van der Waals surface area contributed by atoms with Crippen molar-refractivity contribution >= 4 is 27.5 Å². The van der Waals surface area contributed by atoms with Crippen LogP contribution < -0.4 is 14.4 Å². The third-order valence-electron chi connectivity index (χ3n) is 6.90. The van der Waals surface area contributed by atoms with Crippen molar-refractivity contribution < 1.29 is 22.7 Å². The van der Waals surface area contributed by atoms with Gasteiger partial charge < -0.3 is 15.0 Å². The van der Waals surface area contributed by atoms with Crippen LogP contribution in [0.15, 0.2) is 72.8 Å². The smallest absolute Gasteiger partial charge is 0.244 e. The third kappa shape index (κ3) is 9.08. The molecule has 0 aliphatic rings. The first-order valence-electron chi connectivity index (χ1n) is 13.8. The topological polar surface area (TPSA) is 96.0 Å². The number of nitrogens with one attached hydrogen (secondary N) is 1. The van der Waals surface area contributed by atoms with Crippen LogP contribution in [-0.4, -0.2) is 57.6 Å². The van der Waals surface area contributed by atoms with Crippen molar-refractivity contribution in [3.8, 4) is 5.75 Å². The highest BCUT2D eigenvalue weighted by molar-refractivity contribution is 7.92. The molecule has 0 aromatic heterocycles. The van der Waals surface area contributed by atoms with Crippen LogP contribution in [0, 0.1) is 13.8 Å². The molecule has 0 spiro atoms. The molecule has 41 heavy (non-hydrogen) atoms. The number of hydrogen-bond acceptors (Lipinski definition) is 5. The Hall–Kier alpha value is -3.85. The van der Waals surface area contributed by atoms with Gasteiger partial charge in [-0.1, -0.05) is 67.9 Å². The number of methoxy groups -OCH3 is 1. The summed E-state index contributed by atoms with van der Waals surface area (Å²) in [5, 5.41) is 2.99.